The van der Waals surface area contributed by atoms with Gasteiger partial charge in [0.25, 0.3) is 0 Å². The zero-order valence-corrected chi connectivity index (χ0v) is 8.76. The molecule has 2 nitrogen and oxygen atoms in total. The highest BCUT2D eigenvalue weighted by molar-refractivity contribution is 6.17. The van der Waals surface area contributed by atoms with E-state index in [0.717, 1.165) is 31.4 Å². The van der Waals surface area contributed by atoms with Gasteiger partial charge < -0.3 is 0 Å². The smallest absolute Gasteiger partial charge is 0.0635 e. The molecule has 0 aromatic heterocycles. The third-order valence-corrected chi connectivity index (χ3v) is 2.67. The van der Waals surface area contributed by atoms with E-state index in [1.54, 1.807) is 0 Å². The van der Waals surface area contributed by atoms with Crippen molar-refractivity contribution in [2.24, 2.45) is 0 Å². The van der Waals surface area contributed by atoms with Crippen molar-refractivity contribution in [2.45, 2.75) is 38.1 Å². The average molecular weight is 201 g/mol. The van der Waals surface area contributed by atoms with Crippen molar-refractivity contribution in [3.05, 3.63) is 0 Å². The van der Waals surface area contributed by atoms with E-state index >= 15 is 0 Å². The van der Waals surface area contributed by atoms with Gasteiger partial charge in [-0.15, -0.1) is 11.6 Å². The van der Waals surface area contributed by atoms with Crippen LogP contribution >= 0.6 is 11.6 Å². The van der Waals surface area contributed by atoms with Crippen molar-refractivity contribution in [2.75, 3.05) is 19.0 Å². The molecule has 0 aliphatic heterocycles. The molecule has 0 N–H and O–H groups in total. The van der Waals surface area contributed by atoms with Crippen molar-refractivity contribution in [3.8, 4) is 6.07 Å². The number of unbranched alkanes of at least 4 members (excludes halogenated alkanes) is 1. The van der Waals surface area contributed by atoms with Crippen molar-refractivity contribution in [3.63, 3.8) is 0 Å². The SMILES string of the molecule is N#CCCN(CCCCCl)C1CC1. The summed E-state index contributed by atoms with van der Waals surface area (Å²) in [5.74, 6) is 0.761. The van der Waals surface area contributed by atoms with Gasteiger partial charge in [0.2, 0.25) is 0 Å². The van der Waals surface area contributed by atoms with Gasteiger partial charge in [-0.25, -0.2) is 0 Å². The third kappa shape index (κ3) is 4.50. The Morgan fingerprint density at radius 3 is 2.62 bits per heavy atom. The van der Waals surface area contributed by atoms with Gasteiger partial charge in [-0.2, -0.15) is 5.26 Å². The molecule has 0 unspecified atom stereocenters. The summed E-state index contributed by atoms with van der Waals surface area (Å²) in [6, 6.07) is 2.98. The molecule has 0 spiro atoms. The van der Waals surface area contributed by atoms with E-state index in [4.69, 9.17) is 16.9 Å². The van der Waals surface area contributed by atoms with Crippen molar-refractivity contribution >= 4 is 11.6 Å². The lowest BCUT2D eigenvalue weighted by Gasteiger charge is -2.19. The van der Waals surface area contributed by atoms with Crippen LogP contribution in [0.2, 0.25) is 0 Å². The monoisotopic (exact) mass is 200 g/mol. The minimum Gasteiger partial charge on any atom is -0.299 e. The number of hydrogen-bond donors (Lipinski definition) is 0. The number of rotatable bonds is 7. The van der Waals surface area contributed by atoms with Crippen LogP contribution in [0.25, 0.3) is 0 Å². The minimum atomic E-state index is 0.664. The number of hydrogen-bond acceptors (Lipinski definition) is 2. The number of nitrogens with zero attached hydrogens (tertiary/aromatic N) is 2. The molecule has 0 amide bonds. The molecule has 0 heterocycles. The lowest BCUT2D eigenvalue weighted by Crippen LogP contribution is -2.28. The second-order valence-electron chi connectivity index (χ2n) is 3.57. The Labute approximate surface area is 85.5 Å². The Bertz CT molecular complexity index is 172. The summed E-state index contributed by atoms with van der Waals surface area (Å²) < 4.78 is 0. The first-order valence-corrected chi connectivity index (χ1v) is 5.59. The molecular weight excluding hydrogens is 184 g/mol. The van der Waals surface area contributed by atoms with Crippen LogP contribution in [0.3, 0.4) is 0 Å². The maximum absolute atomic E-state index is 8.49. The molecule has 1 saturated carbocycles. The number of alkyl halides is 1. The van der Waals surface area contributed by atoms with E-state index in [1.165, 1.54) is 19.3 Å². The zero-order valence-electron chi connectivity index (χ0n) is 8.01. The third-order valence-electron chi connectivity index (χ3n) is 2.40. The van der Waals surface area contributed by atoms with Crippen molar-refractivity contribution in [1.82, 2.24) is 4.90 Å². The van der Waals surface area contributed by atoms with E-state index in [1.807, 2.05) is 0 Å². The Kier molecular flexibility index (Phi) is 5.19. The fraction of sp³-hybridized carbons (Fsp3) is 0.900. The summed E-state index contributed by atoms with van der Waals surface area (Å²) in [5, 5.41) is 8.49. The van der Waals surface area contributed by atoms with Crippen LogP contribution in [0.5, 0.6) is 0 Å². The van der Waals surface area contributed by atoms with Crippen LogP contribution in [0.15, 0.2) is 0 Å². The molecule has 0 atom stereocenters. The minimum absolute atomic E-state index is 0.664. The zero-order chi connectivity index (χ0) is 9.52. The van der Waals surface area contributed by atoms with E-state index in [2.05, 4.69) is 11.0 Å². The standard InChI is InChI=1S/C10H17ClN2/c11-6-1-2-8-13(9-3-7-12)10-4-5-10/h10H,1-6,8-9H2. The van der Waals surface area contributed by atoms with Crippen LogP contribution in [0.4, 0.5) is 0 Å². The summed E-state index contributed by atoms with van der Waals surface area (Å²) in [4.78, 5) is 2.44. The van der Waals surface area contributed by atoms with Gasteiger partial charge in [-0.1, -0.05) is 0 Å². The fourth-order valence-electron chi connectivity index (χ4n) is 1.52. The molecule has 13 heavy (non-hydrogen) atoms. The maximum Gasteiger partial charge on any atom is 0.0635 e. The molecule has 3 heteroatoms. The molecule has 1 fully saturated rings. The molecule has 0 radical (unpaired) electrons. The summed E-state index contributed by atoms with van der Waals surface area (Å²) in [6.45, 7) is 2.07. The second-order valence-corrected chi connectivity index (χ2v) is 3.95. The first-order chi connectivity index (χ1) is 6.38. The number of halogens is 1. The van der Waals surface area contributed by atoms with Crippen molar-refractivity contribution < 1.29 is 0 Å². The molecule has 1 aliphatic carbocycles. The Morgan fingerprint density at radius 1 is 1.31 bits per heavy atom. The topological polar surface area (TPSA) is 27.0 Å². The molecule has 1 aliphatic rings. The maximum atomic E-state index is 8.49. The largest absolute Gasteiger partial charge is 0.299 e. The first-order valence-electron chi connectivity index (χ1n) is 5.05. The summed E-state index contributed by atoms with van der Waals surface area (Å²) in [5.41, 5.74) is 0. The van der Waals surface area contributed by atoms with Gasteiger partial charge in [-0.05, 0) is 32.2 Å². The highest BCUT2D eigenvalue weighted by Crippen LogP contribution is 2.27. The Hall–Kier alpha value is -0.260. The predicted molar refractivity (Wildman–Crippen MR) is 54.8 cm³/mol. The Morgan fingerprint density at radius 2 is 2.08 bits per heavy atom. The Balaban J connectivity index is 2.10. The van der Waals surface area contributed by atoms with Crippen LogP contribution in [0.1, 0.15) is 32.1 Å². The van der Waals surface area contributed by atoms with Crippen molar-refractivity contribution in [1.29, 1.82) is 5.26 Å². The highest BCUT2D eigenvalue weighted by atomic mass is 35.5. The summed E-state index contributed by atoms with van der Waals surface area (Å²) >= 11 is 5.61. The van der Waals surface area contributed by atoms with Crippen LogP contribution < -0.4 is 0 Å². The number of nitriles is 1. The van der Waals surface area contributed by atoms with E-state index in [-0.39, 0.29) is 0 Å². The van der Waals surface area contributed by atoms with Gasteiger partial charge in [0, 0.05) is 24.9 Å². The summed E-state index contributed by atoms with van der Waals surface area (Å²) in [7, 11) is 0. The molecule has 0 aromatic carbocycles. The second kappa shape index (κ2) is 6.23. The van der Waals surface area contributed by atoms with Gasteiger partial charge >= 0.3 is 0 Å². The normalized spacial score (nSPS) is 16.1. The van der Waals surface area contributed by atoms with E-state index in [9.17, 15) is 0 Å². The van der Waals surface area contributed by atoms with Crippen LogP contribution in [-0.2, 0) is 0 Å². The van der Waals surface area contributed by atoms with Crippen LogP contribution in [0, 0.1) is 11.3 Å². The summed E-state index contributed by atoms with van der Waals surface area (Å²) in [6.07, 6.45) is 5.58. The molecule has 0 bridgehead atoms. The molecule has 0 saturated heterocycles. The van der Waals surface area contributed by atoms with E-state index in [0.29, 0.717) is 6.42 Å². The van der Waals surface area contributed by atoms with E-state index < -0.39 is 0 Å². The molecule has 0 aromatic rings. The first kappa shape index (κ1) is 10.8. The molecular formula is C10H17ClN2. The van der Waals surface area contributed by atoms with Gasteiger partial charge in [0.1, 0.15) is 0 Å². The fourth-order valence-corrected chi connectivity index (χ4v) is 1.71. The average Bonchev–Trinajstić information content (AvgIpc) is 2.94. The lowest BCUT2D eigenvalue weighted by molar-refractivity contribution is 0.265. The van der Waals surface area contributed by atoms with Gasteiger partial charge in [-0.3, -0.25) is 4.90 Å². The molecule has 1 rings (SSSR count). The van der Waals surface area contributed by atoms with Gasteiger partial charge in [0.05, 0.1) is 6.07 Å². The quantitative estimate of drug-likeness (QED) is 0.466. The molecule has 74 valence electrons. The lowest BCUT2D eigenvalue weighted by atomic mass is 10.3. The highest BCUT2D eigenvalue weighted by Gasteiger charge is 2.27. The predicted octanol–water partition coefficient (Wildman–Crippen LogP) is 2.38. The van der Waals surface area contributed by atoms with Crippen LogP contribution in [-0.4, -0.2) is 29.9 Å². The van der Waals surface area contributed by atoms with Gasteiger partial charge in [0.15, 0.2) is 0 Å².